The Morgan fingerprint density at radius 1 is 1.25 bits per heavy atom. The molecule has 1 aliphatic heterocycles. The highest BCUT2D eigenvalue weighted by molar-refractivity contribution is 5.22. The monoisotopic (exact) mass is 218 g/mol. The van der Waals surface area contributed by atoms with Crippen molar-refractivity contribution in [3.63, 3.8) is 0 Å². The molecule has 1 saturated heterocycles. The van der Waals surface area contributed by atoms with Gasteiger partial charge in [-0.05, 0) is 36.9 Å². The maximum absolute atomic E-state index is 5.98. The van der Waals surface area contributed by atoms with Gasteiger partial charge in [0, 0.05) is 19.1 Å². The first-order valence-electron chi connectivity index (χ1n) is 6.33. The van der Waals surface area contributed by atoms with E-state index in [0.29, 0.717) is 6.04 Å². The van der Waals surface area contributed by atoms with Crippen molar-refractivity contribution in [3.05, 3.63) is 35.4 Å². The Kier molecular flexibility index (Phi) is 3.97. The summed E-state index contributed by atoms with van der Waals surface area (Å²) >= 11 is 0. The van der Waals surface area contributed by atoms with Crippen LogP contribution in [0, 0.1) is 0 Å². The molecule has 88 valence electrons. The highest BCUT2D eigenvalue weighted by Crippen LogP contribution is 2.13. The molecule has 2 heteroatoms. The first-order chi connectivity index (χ1) is 7.78. The van der Waals surface area contributed by atoms with E-state index in [-0.39, 0.29) is 0 Å². The van der Waals surface area contributed by atoms with Gasteiger partial charge in [0.1, 0.15) is 0 Å². The lowest BCUT2D eigenvalue weighted by atomic mass is 10.0. The molecule has 0 unspecified atom stereocenters. The van der Waals surface area contributed by atoms with Gasteiger partial charge in [0.25, 0.3) is 0 Å². The van der Waals surface area contributed by atoms with Gasteiger partial charge in [-0.1, -0.05) is 31.2 Å². The van der Waals surface area contributed by atoms with Gasteiger partial charge in [0.05, 0.1) is 0 Å². The van der Waals surface area contributed by atoms with Crippen molar-refractivity contribution < 1.29 is 0 Å². The van der Waals surface area contributed by atoms with Gasteiger partial charge >= 0.3 is 0 Å². The fraction of sp³-hybridized carbons (Fsp3) is 0.571. The molecule has 0 saturated carbocycles. The van der Waals surface area contributed by atoms with E-state index in [0.717, 1.165) is 19.5 Å². The van der Waals surface area contributed by atoms with Crippen LogP contribution in [0.5, 0.6) is 0 Å². The maximum Gasteiger partial charge on any atom is 0.0234 e. The van der Waals surface area contributed by atoms with E-state index in [1.807, 2.05) is 0 Å². The van der Waals surface area contributed by atoms with E-state index in [1.54, 1.807) is 0 Å². The SMILES string of the molecule is CCc1ccc(CN2CCC[C@@H](N)C2)cc1. The van der Waals surface area contributed by atoms with Gasteiger partial charge in [-0.15, -0.1) is 0 Å². The average Bonchev–Trinajstić information content (AvgIpc) is 2.30. The quantitative estimate of drug-likeness (QED) is 0.842. The number of rotatable bonds is 3. The van der Waals surface area contributed by atoms with Gasteiger partial charge in [-0.2, -0.15) is 0 Å². The van der Waals surface area contributed by atoms with Crippen LogP contribution in [-0.4, -0.2) is 24.0 Å². The van der Waals surface area contributed by atoms with Gasteiger partial charge in [-0.25, -0.2) is 0 Å². The van der Waals surface area contributed by atoms with E-state index in [2.05, 4.69) is 36.1 Å². The summed E-state index contributed by atoms with van der Waals surface area (Å²) < 4.78 is 0. The normalized spacial score (nSPS) is 22.2. The van der Waals surface area contributed by atoms with Gasteiger partial charge in [0.15, 0.2) is 0 Å². The Morgan fingerprint density at radius 2 is 1.94 bits per heavy atom. The molecule has 0 bridgehead atoms. The van der Waals surface area contributed by atoms with Crippen LogP contribution in [0.1, 0.15) is 30.9 Å². The molecule has 2 nitrogen and oxygen atoms in total. The minimum Gasteiger partial charge on any atom is -0.327 e. The first kappa shape index (κ1) is 11.6. The third-order valence-corrected chi connectivity index (χ3v) is 3.38. The van der Waals surface area contributed by atoms with Crippen molar-refractivity contribution in [2.45, 2.75) is 38.8 Å². The number of aryl methyl sites for hydroxylation is 1. The third kappa shape index (κ3) is 3.06. The summed E-state index contributed by atoms with van der Waals surface area (Å²) in [6, 6.07) is 9.35. The predicted molar refractivity (Wildman–Crippen MR) is 68.3 cm³/mol. The van der Waals surface area contributed by atoms with E-state index in [4.69, 9.17) is 5.73 Å². The van der Waals surface area contributed by atoms with Crippen LogP contribution in [0.25, 0.3) is 0 Å². The molecule has 1 aromatic carbocycles. The number of hydrogen-bond acceptors (Lipinski definition) is 2. The second-order valence-corrected chi connectivity index (χ2v) is 4.81. The van der Waals surface area contributed by atoms with Crippen molar-refractivity contribution in [2.24, 2.45) is 5.73 Å². The Morgan fingerprint density at radius 3 is 2.56 bits per heavy atom. The van der Waals surface area contributed by atoms with E-state index >= 15 is 0 Å². The largest absolute Gasteiger partial charge is 0.327 e. The standard InChI is InChI=1S/C14H22N2/c1-2-12-5-7-13(8-6-12)10-16-9-3-4-14(15)11-16/h5-8,14H,2-4,9-11,15H2,1H3/t14-/m1/s1. The molecule has 16 heavy (non-hydrogen) atoms. The minimum absolute atomic E-state index is 0.378. The molecule has 0 aliphatic carbocycles. The summed E-state index contributed by atoms with van der Waals surface area (Å²) in [5, 5.41) is 0. The Balaban J connectivity index is 1.92. The Bertz CT molecular complexity index is 318. The summed E-state index contributed by atoms with van der Waals surface area (Å²) in [5.41, 5.74) is 8.81. The number of nitrogens with zero attached hydrogens (tertiary/aromatic N) is 1. The molecule has 1 aliphatic rings. The van der Waals surface area contributed by atoms with Crippen molar-refractivity contribution >= 4 is 0 Å². The molecule has 2 rings (SSSR count). The summed E-state index contributed by atoms with van der Waals surface area (Å²) in [5.74, 6) is 0. The molecule has 1 aromatic rings. The minimum atomic E-state index is 0.378. The lowest BCUT2D eigenvalue weighted by Crippen LogP contribution is -2.42. The maximum atomic E-state index is 5.98. The number of nitrogens with two attached hydrogens (primary N) is 1. The van der Waals surface area contributed by atoms with Gasteiger partial charge < -0.3 is 5.73 Å². The van der Waals surface area contributed by atoms with Crippen LogP contribution in [0.2, 0.25) is 0 Å². The van der Waals surface area contributed by atoms with Crippen molar-refractivity contribution in [2.75, 3.05) is 13.1 Å². The molecule has 0 radical (unpaired) electrons. The van der Waals surface area contributed by atoms with Crippen molar-refractivity contribution in [1.29, 1.82) is 0 Å². The molecular formula is C14H22N2. The van der Waals surface area contributed by atoms with Gasteiger partial charge in [0.2, 0.25) is 0 Å². The number of piperidine rings is 1. The van der Waals surface area contributed by atoms with Crippen LogP contribution in [0.15, 0.2) is 24.3 Å². The Hall–Kier alpha value is -0.860. The fourth-order valence-electron chi connectivity index (χ4n) is 2.37. The highest BCUT2D eigenvalue weighted by atomic mass is 15.1. The number of hydrogen-bond donors (Lipinski definition) is 1. The molecule has 1 fully saturated rings. The second-order valence-electron chi connectivity index (χ2n) is 4.81. The molecule has 1 heterocycles. The van der Waals surface area contributed by atoms with E-state index < -0.39 is 0 Å². The lowest BCUT2D eigenvalue weighted by Gasteiger charge is -2.30. The van der Waals surface area contributed by atoms with Crippen LogP contribution in [-0.2, 0) is 13.0 Å². The zero-order chi connectivity index (χ0) is 11.4. The zero-order valence-electron chi connectivity index (χ0n) is 10.2. The molecule has 2 N–H and O–H groups in total. The predicted octanol–water partition coefficient (Wildman–Crippen LogP) is 2.17. The van der Waals surface area contributed by atoms with Crippen LogP contribution in [0.4, 0.5) is 0 Å². The molecule has 1 atom stereocenters. The first-order valence-corrected chi connectivity index (χ1v) is 6.33. The van der Waals surface area contributed by atoms with Crippen molar-refractivity contribution in [1.82, 2.24) is 4.90 Å². The molecule has 0 amide bonds. The number of benzene rings is 1. The summed E-state index contributed by atoms with van der Waals surface area (Å²) in [7, 11) is 0. The smallest absolute Gasteiger partial charge is 0.0234 e. The van der Waals surface area contributed by atoms with Crippen molar-refractivity contribution in [3.8, 4) is 0 Å². The summed E-state index contributed by atoms with van der Waals surface area (Å²) in [6.45, 7) is 5.50. The van der Waals surface area contributed by atoms with E-state index in [9.17, 15) is 0 Å². The summed E-state index contributed by atoms with van der Waals surface area (Å²) in [6.07, 6.45) is 3.55. The summed E-state index contributed by atoms with van der Waals surface area (Å²) in [4.78, 5) is 2.47. The lowest BCUT2D eigenvalue weighted by molar-refractivity contribution is 0.201. The highest BCUT2D eigenvalue weighted by Gasteiger charge is 2.16. The third-order valence-electron chi connectivity index (χ3n) is 3.38. The Labute approximate surface area is 98.4 Å². The zero-order valence-corrected chi connectivity index (χ0v) is 10.2. The average molecular weight is 218 g/mol. The van der Waals surface area contributed by atoms with E-state index in [1.165, 1.54) is 30.5 Å². The van der Waals surface area contributed by atoms with Crippen LogP contribution >= 0.6 is 0 Å². The fourth-order valence-corrected chi connectivity index (χ4v) is 2.37. The molecule has 0 spiro atoms. The molecular weight excluding hydrogens is 196 g/mol. The topological polar surface area (TPSA) is 29.3 Å². The van der Waals surface area contributed by atoms with Crippen LogP contribution < -0.4 is 5.73 Å². The second kappa shape index (κ2) is 5.46. The molecule has 0 aromatic heterocycles. The van der Waals surface area contributed by atoms with Gasteiger partial charge in [-0.3, -0.25) is 4.90 Å². The van der Waals surface area contributed by atoms with Crippen LogP contribution in [0.3, 0.4) is 0 Å². The number of likely N-dealkylation sites (tertiary alicyclic amines) is 1.